The molecule has 2 aliphatic rings. The molecule has 0 N–H and O–H groups in total. The number of non-ortho nitro benzene ring substituents is 1. The minimum Gasteiger partial charge on any atom is -0.378 e. The van der Waals surface area contributed by atoms with Crippen molar-refractivity contribution in [3.8, 4) is 0 Å². The van der Waals surface area contributed by atoms with E-state index >= 15 is 0 Å². The highest BCUT2D eigenvalue weighted by molar-refractivity contribution is 6.45. The maximum absolute atomic E-state index is 13.3. The highest BCUT2D eigenvalue weighted by Crippen LogP contribution is 2.36. The number of morpholine rings is 1. The Labute approximate surface area is 171 Å². The first-order valence-corrected chi connectivity index (χ1v) is 9.31. The zero-order chi connectivity index (χ0) is 20.5. The number of carbonyl (C=O) groups excluding carboxylic acids is 2. The predicted octanol–water partition coefficient (Wildman–Crippen LogP) is 2.86. The lowest BCUT2D eigenvalue weighted by Gasteiger charge is -2.29. The Kier molecular flexibility index (Phi) is 5.04. The van der Waals surface area contributed by atoms with E-state index in [0.29, 0.717) is 42.6 Å². The Hall–Kier alpha value is -3.23. The SMILES string of the molecule is O=C1C(c2ccc([N+](=O)[O-])cc2)=C(N2CCOCC2)C(=O)N1c1cccc(Cl)c1. The molecule has 8 nitrogen and oxygen atoms in total. The third-order valence-corrected chi connectivity index (χ3v) is 5.06. The van der Waals surface area contributed by atoms with Crippen LogP contribution in [0.3, 0.4) is 0 Å². The Balaban J connectivity index is 1.82. The molecule has 0 aromatic heterocycles. The summed E-state index contributed by atoms with van der Waals surface area (Å²) in [5, 5.41) is 11.4. The molecule has 0 saturated carbocycles. The van der Waals surface area contributed by atoms with Crippen LogP contribution in [0.4, 0.5) is 11.4 Å². The second-order valence-corrected chi connectivity index (χ2v) is 6.99. The summed E-state index contributed by atoms with van der Waals surface area (Å²) in [7, 11) is 0. The van der Waals surface area contributed by atoms with Gasteiger partial charge in [-0.2, -0.15) is 0 Å². The Morgan fingerprint density at radius 3 is 2.31 bits per heavy atom. The molecule has 0 spiro atoms. The van der Waals surface area contributed by atoms with Crippen molar-refractivity contribution < 1.29 is 19.2 Å². The molecule has 0 aliphatic carbocycles. The summed E-state index contributed by atoms with van der Waals surface area (Å²) < 4.78 is 5.37. The Bertz CT molecular complexity index is 1030. The van der Waals surface area contributed by atoms with Crippen LogP contribution in [0.5, 0.6) is 0 Å². The Morgan fingerprint density at radius 2 is 1.69 bits per heavy atom. The number of nitro groups is 1. The molecule has 2 amide bonds. The van der Waals surface area contributed by atoms with Crippen molar-refractivity contribution in [3.63, 3.8) is 0 Å². The van der Waals surface area contributed by atoms with Crippen molar-refractivity contribution >= 4 is 40.4 Å². The van der Waals surface area contributed by atoms with Gasteiger partial charge in [-0.05, 0) is 35.9 Å². The van der Waals surface area contributed by atoms with Crippen molar-refractivity contribution in [2.75, 3.05) is 31.2 Å². The maximum Gasteiger partial charge on any atom is 0.282 e. The maximum atomic E-state index is 13.3. The number of hydrogen-bond acceptors (Lipinski definition) is 6. The second kappa shape index (κ2) is 7.65. The van der Waals surface area contributed by atoms with Gasteiger partial charge in [-0.1, -0.05) is 17.7 Å². The highest BCUT2D eigenvalue weighted by Gasteiger charge is 2.42. The molecule has 9 heteroatoms. The van der Waals surface area contributed by atoms with E-state index in [1.54, 1.807) is 24.3 Å². The van der Waals surface area contributed by atoms with Crippen LogP contribution in [0.2, 0.25) is 5.02 Å². The number of benzene rings is 2. The summed E-state index contributed by atoms with van der Waals surface area (Å²) in [5.74, 6) is -0.944. The molecule has 2 aromatic rings. The molecule has 0 bridgehead atoms. The number of rotatable bonds is 4. The summed E-state index contributed by atoms with van der Waals surface area (Å²) in [6.45, 7) is 1.81. The standard InChI is InChI=1S/C20H16ClN3O5/c21-14-2-1-3-16(12-14)23-19(25)17(13-4-6-15(7-5-13)24(27)28)18(20(23)26)22-8-10-29-11-9-22/h1-7,12H,8-11H2. The molecule has 0 atom stereocenters. The van der Waals surface area contributed by atoms with E-state index in [1.807, 2.05) is 4.90 Å². The number of nitrogens with zero attached hydrogens (tertiary/aromatic N) is 3. The lowest BCUT2D eigenvalue weighted by atomic mass is 10.0. The summed E-state index contributed by atoms with van der Waals surface area (Å²) in [6.07, 6.45) is 0. The molecule has 2 aliphatic heterocycles. The number of ether oxygens (including phenoxy) is 1. The van der Waals surface area contributed by atoms with Gasteiger partial charge >= 0.3 is 0 Å². The summed E-state index contributed by atoms with van der Waals surface area (Å²) in [4.78, 5) is 40.0. The topological polar surface area (TPSA) is 93.0 Å². The van der Waals surface area contributed by atoms with Crippen LogP contribution in [0.25, 0.3) is 5.57 Å². The van der Waals surface area contributed by atoms with Gasteiger partial charge in [0.2, 0.25) is 0 Å². The number of halogens is 1. The van der Waals surface area contributed by atoms with E-state index in [-0.39, 0.29) is 17.0 Å². The number of hydrogen-bond donors (Lipinski definition) is 0. The van der Waals surface area contributed by atoms with Gasteiger partial charge in [0.25, 0.3) is 17.5 Å². The van der Waals surface area contributed by atoms with Crippen molar-refractivity contribution in [2.24, 2.45) is 0 Å². The third kappa shape index (κ3) is 3.48. The van der Waals surface area contributed by atoms with Crippen molar-refractivity contribution in [1.82, 2.24) is 4.90 Å². The van der Waals surface area contributed by atoms with Crippen molar-refractivity contribution in [2.45, 2.75) is 0 Å². The van der Waals surface area contributed by atoms with Gasteiger partial charge < -0.3 is 9.64 Å². The molecular weight excluding hydrogens is 398 g/mol. The van der Waals surface area contributed by atoms with Gasteiger partial charge in [-0.3, -0.25) is 19.7 Å². The molecule has 148 valence electrons. The van der Waals surface area contributed by atoms with Crippen molar-refractivity contribution in [1.29, 1.82) is 0 Å². The van der Waals surface area contributed by atoms with Crippen LogP contribution in [-0.4, -0.2) is 47.9 Å². The van der Waals surface area contributed by atoms with Gasteiger partial charge in [0, 0.05) is 30.2 Å². The molecular formula is C20H16ClN3O5. The minimum absolute atomic E-state index is 0.0919. The molecule has 0 unspecified atom stereocenters. The average molecular weight is 414 g/mol. The van der Waals surface area contributed by atoms with Crippen molar-refractivity contribution in [3.05, 3.63) is 74.9 Å². The van der Waals surface area contributed by atoms with Gasteiger partial charge in [-0.15, -0.1) is 0 Å². The lowest BCUT2D eigenvalue weighted by Crippen LogP contribution is -2.40. The summed E-state index contributed by atoms with van der Waals surface area (Å²) >= 11 is 6.05. The smallest absolute Gasteiger partial charge is 0.282 e. The fourth-order valence-electron chi connectivity index (χ4n) is 3.46. The molecule has 2 aromatic carbocycles. The van der Waals surface area contributed by atoms with Gasteiger partial charge in [0.15, 0.2) is 0 Å². The van der Waals surface area contributed by atoms with E-state index in [0.717, 1.165) is 4.90 Å². The number of amides is 2. The number of carbonyl (C=O) groups is 2. The molecule has 4 rings (SSSR count). The highest BCUT2D eigenvalue weighted by atomic mass is 35.5. The average Bonchev–Trinajstić information content (AvgIpc) is 2.99. The first kappa shape index (κ1) is 19.1. The lowest BCUT2D eigenvalue weighted by molar-refractivity contribution is -0.384. The molecule has 29 heavy (non-hydrogen) atoms. The normalized spacial score (nSPS) is 17.3. The van der Waals surface area contributed by atoms with E-state index in [9.17, 15) is 19.7 Å². The third-order valence-electron chi connectivity index (χ3n) is 4.82. The van der Waals surface area contributed by atoms with Gasteiger partial charge in [0.1, 0.15) is 5.70 Å². The minimum atomic E-state index is -0.513. The number of imide groups is 1. The molecule has 1 fully saturated rings. The molecule has 1 saturated heterocycles. The molecule has 2 heterocycles. The van der Waals surface area contributed by atoms with Gasteiger partial charge in [-0.25, -0.2) is 4.90 Å². The largest absolute Gasteiger partial charge is 0.378 e. The van der Waals surface area contributed by atoms with Crippen LogP contribution in [0.1, 0.15) is 5.56 Å². The predicted molar refractivity (Wildman–Crippen MR) is 106 cm³/mol. The van der Waals surface area contributed by atoms with Crippen LogP contribution in [-0.2, 0) is 14.3 Å². The number of anilines is 1. The first-order chi connectivity index (χ1) is 14.0. The van der Waals surface area contributed by atoms with Crippen LogP contribution >= 0.6 is 11.6 Å². The fourth-order valence-corrected chi connectivity index (χ4v) is 3.64. The summed E-state index contributed by atoms with van der Waals surface area (Å²) in [6, 6.07) is 12.1. The summed E-state index contributed by atoms with van der Waals surface area (Å²) in [5.41, 5.74) is 1.21. The molecule has 0 radical (unpaired) electrons. The zero-order valence-electron chi connectivity index (χ0n) is 15.2. The zero-order valence-corrected chi connectivity index (χ0v) is 16.0. The second-order valence-electron chi connectivity index (χ2n) is 6.55. The Morgan fingerprint density at radius 1 is 1.00 bits per heavy atom. The fraction of sp³-hybridized carbons (Fsp3) is 0.200. The van der Waals surface area contributed by atoms with E-state index in [1.165, 1.54) is 24.3 Å². The van der Waals surface area contributed by atoms with Crippen LogP contribution in [0.15, 0.2) is 54.2 Å². The van der Waals surface area contributed by atoms with Gasteiger partial charge in [0.05, 0.1) is 29.4 Å². The number of nitro benzene ring substituents is 1. The first-order valence-electron chi connectivity index (χ1n) is 8.93. The quantitative estimate of drug-likeness (QED) is 0.434. The van der Waals surface area contributed by atoms with Crippen LogP contribution in [0, 0.1) is 10.1 Å². The van der Waals surface area contributed by atoms with E-state index in [2.05, 4.69) is 0 Å². The van der Waals surface area contributed by atoms with E-state index < -0.39 is 16.7 Å². The van der Waals surface area contributed by atoms with E-state index in [4.69, 9.17) is 16.3 Å². The monoisotopic (exact) mass is 413 g/mol. The van der Waals surface area contributed by atoms with Crippen LogP contribution < -0.4 is 4.90 Å².